The van der Waals surface area contributed by atoms with Gasteiger partial charge in [-0.2, -0.15) is 0 Å². The third kappa shape index (κ3) is 2.83. The van der Waals surface area contributed by atoms with Crippen LogP contribution in [0.4, 0.5) is 0 Å². The van der Waals surface area contributed by atoms with Crippen LogP contribution >= 0.6 is 0 Å². The Morgan fingerprint density at radius 1 is 1.22 bits per heavy atom. The second-order valence-corrected chi connectivity index (χ2v) is 5.70. The molecule has 3 rings (SSSR count). The predicted molar refractivity (Wildman–Crippen MR) is 85.1 cm³/mol. The van der Waals surface area contributed by atoms with E-state index in [4.69, 9.17) is 11.5 Å². The summed E-state index contributed by atoms with van der Waals surface area (Å²) < 4.78 is 0. The Morgan fingerprint density at radius 3 is 2.61 bits per heavy atom. The van der Waals surface area contributed by atoms with Crippen molar-refractivity contribution in [1.82, 2.24) is 9.97 Å². The van der Waals surface area contributed by atoms with Crippen LogP contribution < -0.4 is 11.5 Å². The number of aromatic nitrogens is 2. The van der Waals surface area contributed by atoms with E-state index in [2.05, 4.69) is 9.97 Å². The predicted octanol–water partition coefficient (Wildman–Crippen LogP) is 0.859. The van der Waals surface area contributed by atoms with E-state index in [9.17, 15) is 9.59 Å². The summed E-state index contributed by atoms with van der Waals surface area (Å²) in [6.45, 7) is 0. The minimum absolute atomic E-state index is 0.321. The molecular weight excluding hydrogens is 292 g/mol. The summed E-state index contributed by atoms with van der Waals surface area (Å²) in [5, 5.41) is 0. The minimum atomic E-state index is -0.855. The third-order valence-electron chi connectivity index (χ3n) is 4.11. The number of hydrogen-bond donors (Lipinski definition) is 2. The lowest BCUT2D eigenvalue weighted by molar-refractivity contribution is -0.125. The van der Waals surface area contributed by atoms with Crippen molar-refractivity contribution in [2.75, 3.05) is 0 Å². The van der Waals surface area contributed by atoms with Gasteiger partial charge < -0.3 is 11.5 Å². The van der Waals surface area contributed by atoms with Crippen molar-refractivity contribution in [2.24, 2.45) is 16.9 Å². The summed E-state index contributed by atoms with van der Waals surface area (Å²) in [5.41, 5.74) is 12.9. The van der Waals surface area contributed by atoms with Crippen LogP contribution in [0.3, 0.4) is 0 Å². The van der Waals surface area contributed by atoms with E-state index in [0.29, 0.717) is 18.4 Å². The fraction of sp³-hybridized carbons (Fsp3) is 0.176. The van der Waals surface area contributed by atoms with Gasteiger partial charge in [-0.05, 0) is 48.2 Å². The average Bonchev–Trinajstić information content (AvgIpc) is 2.55. The van der Waals surface area contributed by atoms with Gasteiger partial charge >= 0.3 is 0 Å². The topological polar surface area (TPSA) is 112 Å². The fourth-order valence-corrected chi connectivity index (χ4v) is 2.83. The molecule has 0 saturated heterocycles. The smallest absolute Gasteiger partial charge is 0.250 e. The van der Waals surface area contributed by atoms with Gasteiger partial charge in [0.2, 0.25) is 11.8 Å². The molecule has 0 saturated carbocycles. The van der Waals surface area contributed by atoms with E-state index in [0.717, 1.165) is 16.8 Å². The molecule has 2 heterocycles. The summed E-state index contributed by atoms with van der Waals surface area (Å²) >= 11 is 0. The lowest BCUT2D eigenvalue weighted by Crippen LogP contribution is -2.40. The van der Waals surface area contributed by atoms with Crippen molar-refractivity contribution in [3.05, 3.63) is 65.2 Å². The molecule has 6 nitrogen and oxygen atoms in total. The average molecular weight is 308 g/mol. The molecule has 0 spiro atoms. The highest BCUT2D eigenvalue weighted by Crippen LogP contribution is 2.35. The van der Waals surface area contributed by atoms with E-state index < -0.39 is 17.2 Å². The standard InChI is InChI=1S/C17H16N4O2/c18-15(22)13-7-12-9-17(16(19)23,4-1-14(12)21-10-13)8-11-2-5-20-6-3-11/h1-7,10H,8-9H2,(H2,18,22)(H2,19,23). The molecule has 1 unspecified atom stereocenters. The van der Waals surface area contributed by atoms with Gasteiger partial charge in [-0.3, -0.25) is 19.6 Å². The van der Waals surface area contributed by atoms with Gasteiger partial charge in [-0.25, -0.2) is 0 Å². The molecule has 4 N–H and O–H groups in total. The van der Waals surface area contributed by atoms with Crippen molar-refractivity contribution in [3.8, 4) is 0 Å². The number of nitrogens with two attached hydrogens (primary N) is 2. The number of carbonyl (C=O) groups excluding carboxylic acids is 2. The van der Waals surface area contributed by atoms with Gasteiger partial charge in [-0.1, -0.05) is 6.08 Å². The van der Waals surface area contributed by atoms with Gasteiger partial charge in [0.25, 0.3) is 0 Å². The van der Waals surface area contributed by atoms with Crippen LogP contribution in [0.15, 0.2) is 42.9 Å². The van der Waals surface area contributed by atoms with Gasteiger partial charge in [0.15, 0.2) is 0 Å². The van der Waals surface area contributed by atoms with Gasteiger partial charge in [0.05, 0.1) is 16.7 Å². The second kappa shape index (κ2) is 5.64. The zero-order valence-corrected chi connectivity index (χ0v) is 12.4. The van der Waals surface area contributed by atoms with Gasteiger partial charge in [0, 0.05) is 18.6 Å². The summed E-state index contributed by atoms with van der Waals surface area (Å²) in [7, 11) is 0. The molecule has 0 aromatic carbocycles. The van der Waals surface area contributed by atoms with Crippen molar-refractivity contribution in [3.63, 3.8) is 0 Å². The van der Waals surface area contributed by atoms with E-state index >= 15 is 0 Å². The molecule has 2 aromatic heterocycles. The summed E-state index contributed by atoms with van der Waals surface area (Å²) in [5.74, 6) is -0.964. The van der Waals surface area contributed by atoms with Crippen LogP contribution in [0.5, 0.6) is 0 Å². The number of primary amides is 2. The van der Waals surface area contributed by atoms with Crippen LogP contribution in [0, 0.1) is 5.41 Å². The van der Waals surface area contributed by atoms with Crippen LogP contribution in [-0.2, 0) is 17.6 Å². The zero-order valence-electron chi connectivity index (χ0n) is 12.4. The highest BCUT2D eigenvalue weighted by Gasteiger charge is 2.37. The molecule has 1 atom stereocenters. The molecular formula is C17H16N4O2. The zero-order chi connectivity index (χ0) is 16.4. The number of fused-ring (bicyclic) bond motifs is 1. The normalized spacial score (nSPS) is 19.1. The molecule has 0 fully saturated rings. The number of nitrogens with zero attached hydrogens (tertiary/aromatic N) is 2. The van der Waals surface area contributed by atoms with Crippen molar-refractivity contribution < 1.29 is 9.59 Å². The first kappa shape index (κ1) is 14.9. The first-order chi connectivity index (χ1) is 11.0. The number of pyridine rings is 2. The maximum absolute atomic E-state index is 12.2. The molecule has 6 heteroatoms. The van der Waals surface area contributed by atoms with E-state index in [1.807, 2.05) is 12.1 Å². The Bertz CT molecular complexity index is 801. The largest absolute Gasteiger partial charge is 0.369 e. The highest BCUT2D eigenvalue weighted by atomic mass is 16.1. The van der Waals surface area contributed by atoms with Crippen molar-refractivity contribution in [2.45, 2.75) is 12.8 Å². The van der Waals surface area contributed by atoms with E-state index in [1.54, 1.807) is 30.6 Å². The quantitative estimate of drug-likeness (QED) is 0.872. The van der Waals surface area contributed by atoms with Gasteiger partial charge in [-0.15, -0.1) is 0 Å². The molecule has 2 amide bonds. The Hall–Kier alpha value is -3.02. The minimum Gasteiger partial charge on any atom is -0.369 e. The number of carbonyl (C=O) groups is 2. The van der Waals surface area contributed by atoms with Crippen LogP contribution in [-0.4, -0.2) is 21.8 Å². The second-order valence-electron chi connectivity index (χ2n) is 5.70. The SMILES string of the molecule is NC(=O)c1cnc2c(c1)CC(Cc1ccncc1)(C(N)=O)C=C2. The maximum atomic E-state index is 12.2. The van der Waals surface area contributed by atoms with E-state index in [-0.39, 0.29) is 0 Å². The van der Waals surface area contributed by atoms with Crippen molar-refractivity contribution in [1.29, 1.82) is 0 Å². The molecule has 2 aromatic rings. The summed E-state index contributed by atoms with van der Waals surface area (Å²) in [6, 6.07) is 5.39. The molecule has 0 aliphatic heterocycles. The first-order valence-electron chi connectivity index (χ1n) is 7.17. The number of rotatable bonds is 4. The lowest BCUT2D eigenvalue weighted by Gasteiger charge is -2.31. The first-order valence-corrected chi connectivity index (χ1v) is 7.17. The molecule has 23 heavy (non-hydrogen) atoms. The molecule has 0 bridgehead atoms. The molecule has 116 valence electrons. The maximum Gasteiger partial charge on any atom is 0.250 e. The Kier molecular flexibility index (Phi) is 3.65. The number of hydrogen-bond acceptors (Lipinski definition) is 4. The fourth-order valence-electron chi connectivity index (χ4n) is 2.83. The highest BCUT2D eigenvalue weighted by molar-refractivity contribution is 5.93. The van der Waals surface area contributed by atoms with E-state index in [1.165, 1.54) is 6.20 Å². The van der Waals surface area contributed by atoms with Gasteiger partial charge in [0.1, 0.15) is 0 Å². The van der Waals surface area contributed by atoms with Crippen LogP contribution in [0.25, 0.3) is 6.08 Å². The Labute approximate surface area is 133 Å². The molecule has 1 aliphatic rings. The summed E-state index contributed by atoms with van der Waals surface area (Å²) in [6.07, 6.45) is 9.21. The summed E-state index contributed by atoms with van der Waals surface area (Å²) in [4.78, 5) is 31.7. The monoisotopic (exact) mass is 308 g/mol. The Balaban J connectivity index is 2.00. The van der Waals surface area contributed by atoms with Crippen molar-refractivity contribution >= 4 is 17.9 Å². The molecule has 1 aliphatic carbocycles. The third-order valence-corrected chi connectivity index (χ3v) is 4.11. The van der Waals surface area contributed by atoms with Crippen LogP contribution in [0.1, 0.15) is 27.2 Å². The van der Waals surface area contributed by atoms with Crippen LogP contribution in [0.2, 0.25) is 0 Å². The lowest BCUT2D eigenvalue weighted by atomic mass is 9.72. The Morgan fingerprint density at radius 2 is 1.96 bits per heavy atom. The number of amides is 2. The molecule has 0 radical (unpaired) electrons.